The van der Waals surface area contributed by atoms with Crippen molar-refractivity contribution in [2.45, 2.75) is 0 Å². The Morgan fingerprint density at radius 3 is 2.85 bits per heavy atom. The lowest BCUT2D eigenvalue weighted by molar-refractivity contribution is 0.165. The molecule has 2 N–H and O–H groups in total. The Balaban J connectivity index is 2.46. The topological polar surface area (TPSA) is 71.8 Å². The van der Waals surface area contributed by atoms with Gasteiger partial charge in [-0.25, -0.2) is 4.98 Å². The third kappa shape index (κ3) is 1.45. The van der Waals surface area contributed by atoms with Gasteiger partial charge in [-0.05, 0) is 6.07 Å². The Labute approximate surface area is 75.1 Å². The Morgan fingerprint density at radius 2 is 2.08 bits per heavy atom. The Bertz CT molecular complexity index is 317. The van der Waals surface area contributed by atoms with Gasteiger partial charge in [0.25, 0.3) is 5.88 Å². The molecular weight excluding hydrogens is 173 g/mol. The summed E-state index contributed by atoms with van der Waals surface area (Å²) in [6.45, 7) is 0.837. The maximum atomic E-state index is 8.97. The molecule has 68 valence electrons. The van der Waals surface area contributed by atoms with E-state index in [1.165, 1.54) is 12.3 Å². The van der Waals surface area contributed by atoms with Crippen molar-refractivity contribution in [2.24, 2.45) is 0 Å². The molecule has 6 heteroatoms. The van der Waals surface area contributed by atoms with Crippen LogP contribution in [0.2, 0.25) is 0 Å². The number of hydrogen-bond acceptors (Lipinski definition) is 5. The van der Waals surface area contributed by atoms with Crippen molar-refractivity contribution >= 4 is 12.6 Å². The second-order valence-corrected chi connectivity index (χ2v) is 2.61. The summed E-state index contributed by atoms with van der Waals surface area (Å²) in [5, 5.41) is 17.9. The summed E-state index contributed by atoms with van der Waals surface area (Å²) in [6.07, 6.45) is 1.45. The molecule has 0 aliphatic carbocycles. The second kappa shape index (κ2) is 3.23. The first-order valence-corrected chi connectivity index (χ1v) is 3.89. The van der Waals surface area contributed by atoms with E-state index in [0.29, 0.717) is 24.8 Å². The molecular formula is C7H8BNO4. The predicted octanol–water partition coefficient (Wildman–Crippen LogP) is -1.47. The zero-order valence-electron chi connectivity index (χ0n) is 6.80. The van der Waals surface area contributed by atoms with Gasteiger partial charge in [-0.3, -0.25) is 0 Å². The Hall–Kier alpha value is -1.27. The van der Waals surface area contributed by atoms with Gasteiger partial charge in [-0.2, -0.15) is 0 Å². The molecule has 0 amide bonds. The van der Waals surface area contributed by atoms with E-state index in [1.54, 1.807) is 0 Å². The Kier molecular flexibility index (Phi) is 2.07. The fourth-order valence-electron chi connectivity index (χ4n) is 1.18. The third-order valence-electron chi connectivity index (χ3n) is 1.75. The van der Waals surface area contributed by atoms with Gasteiger partial charge < -0.3 is 19.5 Å². The lowest BCUT2D eigenvalue weighted by Crippen LogP contribution is -2.34. The van der Waals surface area contributed by atoms with Crippen LogP contribution in [0.15, 0.2) is 12.3 Å². The fraction of sp³-hybridized carbons (Fsp3) is 0.286. The molecule has 13 heavy (non-hydrogen) atoms. The summed E-state index contributed by atoms with van der Waals surface area (Å²) in [7, 11) is -1.56. The van der Waals surface area contributed by atoms with Gasteiger partial charge in [0.05, 0.1) is 0 Å². The molecule has 0 saturated heterocycles. The summed E-state index contributed by atoms with van der Waals surface area (Å²) < 4.78 is 10.4. The lowest BCUT2D eigenvalue weighted by Gasteiger charge is -2.19. The Morgan fingerprint density at radius 1 is 1.31 bits per heavy atom. The van der Waals surface area contributed by atoms with Crippen LogP contribution in [0.25, 0.3) is 0 Å². The van der Waals surface area contributed by atoms with Crippen LogP contribution >= 0.6 is 0 Å². The van der Waals surface area contributed by atoms with Crippen LogP contribution in [0.4, 0.5) is 0 Å². The van der Waals surface area contributed by atoms with E-state index in [1.807, 2.05) is 0 Å². The summed E-state index contributed by atoms with van der Waals surface area (Å²) in [5.74, 6) is 0.639. The van der Waals surface area contributed by atoms with E-state index in [-0.39, 0.29) is 5.46 Å². The normalized spacial score (nSPS) is 14.0. The molecule has 0 aromatic carbocycles. The quantitative estimate of drug-likeness (QED) is 0.517. The van der Waals surface area contributed by atoms with Crippen molar-refractivity contribution in [3.63, 3.8) is 0 Å². The van der Waals surface area contributed by atoms with Gasteiger partial charge in [0.15, 0.2) is 5.75 Å². The molecule has 2 rings (SSSR count). The minimum Gasteiger partial charge on any atom is -0.485 e. The number of rotatable bonds is 1. The van der Waals surface area contributed by atoms with Crippen LogP contribution in [0.1, 0.15) is 0 Å². The van der Waals surface area contributed by atoms with Crippen molar-refractivity contribution in [1.29, 1.82) is 0 Å². The van der Waals surface area contributed by atoms with Crippen LogP contribution in [-0.2, 0) is 0 Å². The van der Waals surface area contributed by atoms with E-state index in [9.17, 15) is 0 Å². The van der Waals surface area contributed by atoms with E-state index >= 15 is 0 Å². The van der Waals surface area contributed by atoms with E-state index in [2.05, 4.69) is 4.98 Å². The highest BCUT2D eigenvalue weighted by Crippen LogP contribution is 2.24. The lowest BCUT2D eigenvalue weighted by atomic mass is 9.80. The molecule has 1 aromatic rings. The number of nitrogens with zero attached hydrogens (tertiary/aromatic N) is 1. The average molecular weight is 181 g/mol. The number of fused-ring (bicyclic) bond motifs is 1. The zero-order chi connectivity index (χ0) is 9.26. The van der Waals surface area contributed by atoms with Crippen LogP contribution in [0, 0.1) is 0 Å². The summed E-state index contributed by atoms with van der Waals surface area (Å²) in [4.78, 5) is 3.89. The van der Waals surface area contributed by atoms with Gasteiger partial charge in [0.1, 0.15) is 13.2 Å². The van der Waals surface area contributed by atoms with Crippen molar-refractivity contribution in [3.05, 3.63) is 12.3 Å². The molecule has 1 aliphatic rings. The van der Waals surface area contributed by atoms with Gasteiger partial charge in [0, 0.05) is 11.7 Å². The van der Waals surface area contributed by atoms with Crippen molar-refractivity contribution in [1.82, 2.24) is 4.98 Å². The van der Waals surface area contributed by atoms with Crippen LogP contribution in [0.5, 0.6) is 11.6 Å². The van der Waals surface area contributed by atoms with Crippen molar-refractivity contribution in [2.75, 3.05) is 13.2 Å². The van der Waals surface area contributed by atoms with Gasteiger partial charge >= 0.3 is 7.12 Å². The highest BCUT2D eigenvalue weighted by atomic mass is 16.6. The van der Waals surface area contributed by atoms with E-state index < -0.39 is 7.12 Å². The minimum absolute atomic E-state index is 0.282. The van der Waals surface area contributed by atoms with Gasteiger partial charge in [-0.15, -0.1) is 0 Å². The predicted molar refractivity (Wildman–Crippen MR) is 45.1 cm³/mol. The van der Waals surface area contributed by atoms with Crippen LogP contribution in [0.3, 0.4) is 0 Å². The number of aromatic nitrogens is 1. The fourth-order valence-corrected chi connectivity index (χ4v) is 1.18. The largest absolute Gasteiger partial charge is 0.492 e. The molecule has 0 saturated carbocycles. The number of hydrogen-bond donors (Lipinski definition) is 2. The molecule has 0 fully saturated rings. The summed E-state index contributed by atoms with van der Waals surface area (Å²) in [5.41, 5.74) is 0.282. The number of pyridine rings is 1. The van der Waals surface area contributed by atoms with Crippen LogP contribution < -0.4 is 14.9 Å². The highest BCUT2D eigenvalue weighted by Gasteiger charge is 2.23. The molecule has 1 aliphatic heterocycles. The van der Waals surface area contributed by atoms with E-state index in [4.69, 9.17) is 19.5 Å². The number of ether oxygens (including phenoxy) is 2. The monoisotopic (exact) mass is 181 g/mol. The minimum atomic E-state index is -1.56. The highest BCUT2D eigenvalue weighted by molar-refractivity contribution is 6.59. The van der Waals surface area contributed by atoms with Gasteiger partial charge in [0.2, 0.25) is 0 Å². The first-order valence-electron chi connectivity index (χ1n) is 3.89. The first-order chi connectivity index (χ1) is 6.29. The summed E-state index contributed by atoms with van der Waals surface area (Å²) in [6, 6.07) is 1.48. The molecule has 0 atom stereocenters. The van der Waals surface area contributed by atoms with Crippen molar-refractivity contribution < 1.29 is 19.5 Å². The molecule has 0 spiro atoms. The maximum absolute atomic E-state index is 8.97. The maximum Gasteiger partial charge on any atom is 0.492 e. The smallest absolute Gasteiger partial charge is 0.485 e. The summed E-state index contributed by atoms with van der Waals surface area (Å²) >= 11 is 0. The molecule has 5 nitrogen and oxygen atoms in total. The molecule has 2 heterocycles. The van der Waals surface area contributed by atoms with Crippen molar-refractivity contribution in [3.8, 4) is 11.6 Å². The zero-order valence-corrected chi connectivity index (χ0v) is 6.80. The SMILES string of the molecule is OB(O)c1ccnc2c1OCCO2. The second-order valence-electron chi connectivity index (χ2n) is 2.61. The van der Waals surface area contributed by atoms with Gasteiger partial charge in [-0.1, -0.05) is 0 Å². The third-order valence-corrected chi connectivity index (χ3v) is 1.75. The molecule has 0 bridgehead atoms. The molecule has 1 aromatic heterocycles. The first kappa shape index (κ1) is 8.34. The standard InChI is InChI=1S/C7H8BNO4/c10-8(11)5-1-2-9-7-6(5)12-3-4-13-7/h1-2,10-11H,3-4H2. The molecule has 0 unspecified atom stereocenters. The average Bonchev–Trinajstić information content (AvgIpc) is 2.17. The van der Waals surface area contributed by atoms with Crippen LogP contribution in [-0.4, -0.2) is 35.4 Å². The van der Waals surface area contributed by atoms with E-state index in [0.717, 1.165) is 0 Å². The molecule has 0 radical (unpaired) electrons.